The first-order valence-corrected chi connectivity index (χ1v) is 12.7. The van der Waals surface area contributed by atoms with Crippen LogP contribution in [0.4, 0.5) is 0 Å². The highest BCUT2D eigenvalue weighted by molar-refractivity contribution is 7.09. The fourth-order valence-corrected chi connectivity index (χ4v) is 4.58. The van der Waals surface area contributed by atoms with Gasteiger partial charge in [-0.15, -0.1) is 11.3 Å². The summed E-state index contributed by atoms with van der Waals surface area (Å²) in [6.07, 6.45) is 1.70. The zero-order valence-electron chi connectivity index (χ0n) is 20.9. The molecule has 0 spiro atoms. The summed E-state index contributed by atoms with van der Waals surface area (Å²) in [5.41, 5.74) is 2.57. The van der Waals surface area contributed by atoms with Crippen molar-refractivity contribution in [3.63, 3.8) is 0 Å². The molecule has 1 aliphatic rings. The van der Waals surface area contributed by atoms with Gasteiger partial charge in [-0.1, -0.05) is 32.4 Å². The van der Waals surface area contributed by atoms with Gasteiger partial charge in [0.2, 0.25) is 0 Å². The number of esters is 1. The molecule has 0 saturated carbocycles. The Morgan fingerprint density at radius 3 is 2.38 bits per heavy atom. The molecule has 0 aliphatic carbocycles. The van der Waals surface area contributed by atoms with Crippen LogP contribution in [0.25, 0.3) is 6.08 Å². The number of ether oxygens (including phenoxy) is 1. The molecule has 0 saturated heterocycles. The maximum Gasteiger partial charge on any atom is 0.309 e. The Balaban J connectivity index is 2.33. The van der Waals surface area contributed by atoms with Crippen molar-refractivity contribution in [2.24, 2.45) is 17.8 Å². The molecule has 188 valence electrons. The van der Waals surface area contributed by atoms with E-state index in [0.29, 0.717) is 12.8 Å². The largest absolute Gasteiger partial charge is 0.457 e. The maximum atomic E-state index is 12.8. The Labute approximate surface area is 205 Å². The number of allylic oxidation sites excluding steroid dienone is 1. The number of hydrogen-bond donors (Lipinski definition) is 2. The Morgan fingerprint density at radius 1 is 1.09 bits per heavy atom. The van der Waals surface area contributed by atoms with Gasteiger partial charge < -0.3 is 14.9 Å². The first kappa shape index (κ1) is 28.1. The van der Waals surface area contributed by atoms with Gasteiger partial charge in [0.15, 0.2) is 0 Å². The van der Waals surface area contributed by atoms with E-state index in [2.05, 4.69) is 4.98 Å². The fourth-order valence-electron chi connectivity index (χ4n) is 4.01. The topological polar surface area (TPSA) is 114 Å². The molecule has 1 aromatic heterocycles. The van der Waals surface area contributed by atoms with E-state index in [0.717, 1.165) is 21.8 Å². The van der Waals surface area contributed by atoms with Crippen molar-refractivity contribution < 1.29 is 29.3 Å². The number of thiazole rings is 1. The molecule has 2 N–H and O–H groups in total. The van der Waals surface area contributed by atoms with Gasteiger partial charge in [0, 0.05) is 36.0 Å². The number of cyclic esters (lactones) is 1. The van der Waals surface area contributed by atoms with E-state index >= 15 is 0 Å². The zero-order chi connectivity index (χ0) is 25.6. The lowest BCUT2D eigenvalue weighted by atomic mass is 9.81. The summed E-state index contributed by atoms with van der Waals surface area (Å²) in [5.74, 6) is -3.53. The number of aryl methyl sites for hydroxylation is 1. The third kappa shape index (κ3) is 7.68. The number of ketones is 2. The van der Waals surface area contributed by atoms with Crippen molar-refractivity contribution in [2.75, 3.05) is 0 Å². The maximum absolute atomic E-state index is 12.8. The van der Waals surface area contributed by atoms with Gasteiger partial charge >= 0.3 is 5.97 Å². The summed E-state index contributed by atoms with van der Waals surface area (Å²) < 4.78 is 5.72. The second-order valence-corrected chi connectivity index (χ2v) is 10.5. The molecule has 8 heteroatoms. The lowest BCUT2D eigenvalue weighted by Gasteiger charge is -2.27. The minimum absolute atomic E-state index is 0.113. The van der Waals surface area contributed by atoms with Crippen LogP contribution >= 0.6 is 11.3 Å². The molecule has 6 atom stereocenters. The zero-order valence-corrected chi connectivity index (χ0v) is 21.7. The van der Waals surface area contributed by atoms with Gasteiger partial charge in [0.25, 0.3) is 0 Å². The molecule has 34 heavy (non-hydrogen) atoms. The molecule has 1 aromatic rings. The van der Waals surface area contributed by atoms with Crippen LogP contribution < -0.4 is 0 Å². The number of aliphatic hydroxyl groups is 2. The Morgan fingerprint density at radius 2 is 1.76 bits per heavy atom. The van der Waals surface area contributed by atoms with Crippen molar-refractivity contribution >= 4 is 34.9 Å². The Bertz CT molecular complexity index is 949. The van der Waals surface area contributed by atoms with Crippen LogP contribution in [0.5, 0.6) is 0 Å². The number of hydrogen-bond acceptors (Lipinski definition) is 8. The van der Waals surface area contributed by atoms with Crippen LogP contribution in [0.15, 0.2) is 22.6 Å². The number of aliphatic hydroxyl groups excluding tert-OH is 2. The summed E-state index contributed by atoms with van der Waals surface area (Å²) in [4.78, 5) is 42.6. The number of Topliss-reactive ketones (excluding diaryl/α,β-unsaturated/α-hetero) is 2. The van der Waals surface area contributed by atoms with E-state index in [1.807, 2.05) is 38.3 Å². The highest BCUT2D eigenvalue weighted by Gasteiger charge is 2.36. The number of nitrogens with zero attached hydrogens (tertiary/aromatic N) is 1. The Kier molecular flexibility index (Phi) is 10.3. The molecule has 0 radical (unpaired) electrons. The number of carbonyl (C=O) groups is 3. The summed E-state index contributed by atoms with van der Waals surface area (Å²) in [6.45, 7) is 10.4. The van der Waals surface area contributed by atoms with Crippen LogP contribution in [0.3, 0.4) is 0 Å². The van der Waals surface area contributed by atoms with Gasteiger partial charge in [0.05, 0.1) is 29.3 Å². The normalized spacial score (nSPS) is 31.2. The van der Waals surface area contributed by atoms with Crippen LogP contribution in [0, 0.1) is 24.7 Å². The molecular weight excluding hydrogens is 454 g/mol. The highest BCUT2D eigenvalue weighted by Crippen LogP contribution is 2.25. The standard InChI is InChI=1S/C26H37NO6S/c1-14-7-9-21(28)16(3)25(31)18(5)26(32)17(4)22(29)12-24(30)33-23(10-8-14)15(2)11-20-13-34-19(6)27-20/h8,11,13,16-18,22-23,25,29,31H,7,9-10,12H2,1-6H3/b14-8?,15-11+/t16-,17?,18+,22-,23?,25-/m0/s1. The van der Waals surface area contributed by atoms with E-state index in [-0.39, 0.29) is 24.4 Å². The van der Waals surface area contributed by atoms with Gasteiger partial charge in [-0.3, -0.25) is 14.4 Å². The third-order valence-electron chi connectivity index (χ3n) is 6.62. The van der Waals surface area contributed by atoms with E-state index in [4.69, 9.17) is 4.74 Å². The molecule has 0 bridgehead atoms. The van der Waals surface area contributed by atoms with Crippen LogP contribution in [-0.4, -0.2) is 51.0 Å². The van der Waals surface area contributed by atoms with Crippen molar-refractivity contribution in [2.45, 2.75) is 85.5 Å². The van der Waals surface area contributed by atoms with Gasteiger partial charge in [-0.25, -0.2) is 4.98 Å². The predicted molar refractivity (Wildman–Crippen MR) is 132 cm³/mol. The van der Waals surface area contributed by atoms with Gasteiger partial charge in [0.1, 0.15) is 17.7 Å². The number of carbonyl (C=O) groups excluding carboxylic acids is 3. The first-order chi connectivity index (χ1) is 15.9. The minimum atomic E-state index is -1.25. The fraction of sp³-hybridized carbons (Fsp3) is 0.615. The van der Waals surface area contributed by atoms with E-state index in [9.17, 15) is 24.6 Å². The van der Waals surface area contributed by atoms with Crippen LogP contribution in [0.2, 0.25) is 0 Å². The van der Waals surface area contributed by atoms with E-state index in [1.54, 1.807) is 13.8 Å². The lowest BCUT2D eigenvalue weighted by Crippen LogP contribution is -2.40. The second-order valence-electron chi connectivity index (χ2n) is 9.44. The number of aromatic nitrogens is 1. The number of rotatable bonds is 2. The minimum Gasteiger partial charge on any atom is -0.457 e. The summed E-state index contributed by atoms with van der Waals surface area (Å²) in [6, 6.07) is 0. The summed E-state index contributed by atoms with van der Waals surface area (Å²) in [5, 5.41) is 24.0. The lowest BCUT2D eigenvalue weighted by molar-refractivity contribution is -0.151. The average Bonchev–Trinajstić information content (AvgIpc) is 3.20. The van der Waals surface area contributed by atoms with Gasteiger partial charge in [-0.05, 0) is 38.8 Å². The van der Waals surface area contributed by atoms with E-state index < -0.39 is 42.0 Å². The van der Waals surface area contributed by atoms with Crippen molar-refractivity contribution in [3.8, 4) is 0 Å². The van der Waals surface area contributed by atoms with Crippen molar-refractivity contribution in [1.82, 2.24) is 4.98 Å². The SMILES string of the molecule is CC1=CCC(/C(C)=C/c2csc(C)n2)OC(=O)C[C@H](O)C(C)C(=O)[C@H](C)[C@@H](O)[C@@H](C)C(=O)CC1. The molecule has 2 heterocycles. The molecule has 7 nitrogen and oxygen atoms in total. The molecule has 2 rings (SSSR count). The molecule has 0 amide bonds. The van der Waals surface area contributed by atoms with Crippen molar-refractivity contribution in [1.29, 1.82) is 0 Å². The quantitative estimate of drug-likeness (QED) is 0.474. The molecule has 2 unspecified atom stereocenters. The highest BCUT2D eigenvalue weighted by atomic mass is 32.1. The third-order valence-corrected chi connectivity index (χ3v) is 7.41. The first-order valence-electron chi connectivity index (χ1n) is 11.8. The molecule has 0 fully saturated rings. The monoisotopic (exact) mass is 491 g/mol. The van der Waals surface area contributed by atoms with Crippen LogP contribution in [0.1, 0.15) is 71.0 Å². The summed E-state index contributed by atoms with van der Waals surface area (Å²) >= 11 is 1.53. The van der Waals surface area contributed by atoms with E-state index in [1.165, 1.54) is 18.3 Å². The predicted octanol–water partition coefficient (Wildman–Crippen LogP) is 4.06. The Hall–Kier alpha value is -2.16. The smallest absolute Gasteiger partial charge is 0.309 e. The van der Waals surface area contributed by atoms with Gasteiger partial charge in [-0.2, -0.15) is 0 Å². The molecule has 1 aliphatic heterocycles. The summed E-state index contributed by atoms with van der Waals surface area (Å²) in [7, 11) is 0. The molecular formula is C26H37NO6S. The van der Waals surface area contributed by atoms with Crippen LogP contribution in [-0.2, 0) is 19.1 Å². The molecule has 0 aromatic carbocycles. The second kappa shape index (κ2) is 12.5. The average molecular weight is 492 g/mol. The van der Waals surface area contributed by atoms with Crippen molar-refractivity contribution in [3.05, 3.63) is 33.3 Å².